The lowest BCUT2D eigenvalue weighted by Crippen LogP contribution is -2.20. The van der Waals surface area contributed by atoms with E-state index in [1.165, 1.54) is 16.5 Å². The molecule has 1 aromatic heterocycles. The van der Waals surface area contributed by atoms with Gasteiger partial charge in [-0.1, -0.05) is 11.6 Å². The van der Waals surface area contributed by atoms with Gasteiger partial charge < -0.3 is 4.57 Å². The van der Waals surface area contributed by atoms with Crippen molar-refractivity contribution >= 4 is 10.9 Å². The largest absolute Gasteiger partial charge is 0.342 e. The molecule has 0 radical (unpaired) electrons. The highest BCUT2D eigenvalue weighted by molar-refractivity contribution is 5.81. The van der Waals surface area contributed by atoms with Crippen LogP contribution in [0.5, 0.6) is 0 Å². The number of aromatic nitrogens is 1. The summed E-state index contributed by atoms with van der Waals surface area (Å²) in [6.45, 7) is 8.82. The summed E-state index contributed by atoms with van der Waals surface area (Å²) in [5, 5.41) is 1.33. The van der Waals surface area contributed by atoms with Gasteiger partial charge in [-0.3, -0.25) is 0 Å². The van der Waals surface area contributed by atoms with Crippen molar-refractivity contribution in [2.75, 3.05) is 0 Å². The number of hydrogen-bond donors (Lipinski definition) is 0. The Labute approximate surface area is 85.4 Å². The predicted octanol–water partition coefficient (Wildman–Crippen LogP) is 3.70. The van der Waals surface area contributed by atoms with E-state index < -0.39 is 0 Å². The van der Waals surface area contributed by atoms with Crippen LogP contribution in [0.4, 0.5) is 0 Å². The molecule has 0 aliphatic heterocycles. The van der Waals surface area contributed by atoms with Crippen LogP contribution in [0, 0.1) is 6.92 Å². The molecular weight excluding hydrogens is 170 g/mol. The summed E-state index contributed by atoms with van der Waals surface area (Å²) in [7, 11) is 0. The van der Waals surface area contributed by atoms with Crippen molar-refractivity contribution in [3.63, 3.8) is 0 Å². The molecule has 0 atom stereocenters. The van der Waals surface area contributed by atoms with Gasteiger partial charge in [0.1, 0.15) is 0 Å². The van der Waals surface area contributed by atoms with Crippen molar-refractivity contribution in [3.8, 4) is 0 Å². The third kappa shape index (κ3) is 1.43. The van der Waals surface area contributed by atoms with Crippen LogP contribution in [0.25, 0.3) is 10.9 Å². The molecule has 14 heavy (non-hydrogen) atoms. The van der Waals surface area contributed by atoms with Gasteiger partial charge in [-0.25, -0.2) is 0 Å². The quantitative estimate of drug-likeness (QED) is 0.592. The summed E-state index contributed by atoms with van der Waals surface area (Å²) >= 11 is 0. The highest BCUT2D eigenvalue weighted by Gasteiger charge is 2.14. The first-order valence-corrected chi connectivity index (χ1v) is 5.07. The van der Waals surface area contributed by atoms with Gasteiger partial charge in [0.05, 0.1) is 0 Å². The van der Waals surface area contributed by atoms with Gasteiger partial charge in [0.25, 0.3) is 0 Å². The van der Waals surface area contributed by atoms with Crippen LogP contribution in [0.2, 0.25) is 0 Å². The SMILES string of the molecule is Cc1ccc2c(ccn2C(C)(C)C)c1. The topological polar surface area (TPSA) is 4.93 Å². The van der Waals surface area contributed by atoms with Crippen LogP contribution < -0.4 is 0 Å². The fraction of sp³-hybridized carbons (Fsp3) is 0.385. The molecule has 0 N–H and O–H groups in total. The third-order valence-electron chi connectivity index (χ3n) is 2.57. The zero-order valence-corrected chi connectivity index (χ0v) is 9.33. The summed E-state index contributed by atoms with van der Waals surface area (Å²) in [4.78, 5) is 0. The number of benzene rings is 1. The van der Waals surface area contributed by atoms with Gasteiger partial charge in [-0.2, -0.15) is 0 Å². The van der Waals surface area contributed by atoms with Gasteiger partial charge in [0, 0.05) is 17.3 Å². The maximum Gasteiger partial charge on any atom is 0.0485 e. The lowest BCUT2D eigenvalue weighted by molar-refractivity contribution is 0.411. The normalized spacial score (nSPS) is 12.3. The summed E-state index contributed by atoms with van der Waals surface area (Å²) in [6.07, 6.45) is 2.17. The number of aryl methyl sites for hydroxylation is 1. The molecule has 0 unspecified atom stereocenters. The van der Waals surface area contributed by atoms with Crippen molar-refractivity contribution in [2.45, 2.75) is 33.2 Å². The minimum Gasteiger partial charge on any atom is -0.342 e. The molecule has 0 amide bonds. The van der Waals surface area contributed by atoms with E-state index in [1.807, 2.05) is 0 Å². The smallest absolute Gasteiger partial charge is 0.0485 e. The molecule has 74 valence electrons. The van der Waals surface area contributed by atoms with E-state index in [1.54, 1.807) is 0 Å². The van der Waals surface area contributed by atoms with Gasteiger partial charge >= 0.3 is 0 Å². The van der Waals surface area contributed by atoms with Gasteiger partial charge in [0.2, 0.25) is 0 Å². The average molecular weight is 187 g/mol. The molecule has 0 bridgehead atoms. The van der Waals surface area contributed by atoms with Gasteiger partial charge in [-0.15, -0.1) is 0 Å². The van der Waals surface area contributed by atoms with Gasteiger partial charge in [0.15, 0.2) is 0 Å². The fourth-order valence-corrected chi connectivity index (χ4v) is 1.85. The summed E-state index contributed by atoms with van der Waals surface area (Å²) < 4.78 is 2.32. The summed E-state index contributed by atoms with van der Waals surface area (Å²) in [5.41, 5.74) is 2.81. The lowest BCUT2D eigenvalue weighted by Gasteiger charge is -2.22. The minimum atomic E-state index is 0.164. The van der Waals surface area contributed by atoms with Crippen LogP contribution in [0.15, 0.2) is 30.5 Å². The second-order valence-corrected chi connectivity index (χ2v) is 4.92. The van der Waals surface area contributed by atoms with E-state index in [9.17, 15) is 0 Å². The Bertz CT molecular complexity index is 458. The van der Waals surface area contributed by atoms with Crippen LogP contribution in [-0.2, 0) is 5.54 Å². The Morgan fingerprint density at radius 2 is 1.79 bits per heavy atom. The highest BCUT2D eigenvalue weighted by Crippen LogP contribution is 2.24. The van der Waals surface area contributed by atoms with Crippen molar-refractivity contribution in [1.29, 1.82) is 0 Å². The second kappa shape index (κ2) is 2.88. The molecule has 1 heterocycles. The first-order chi connectivity index (χ1) is 6.48. The van der Waals surface area contributed by atoms with Gasteiger partial charge in [-0.05, 0) is 51.3 Å². The zero-order chi connectivity index (χ0) is 10.3. The monoisotopic (exact) mass is 187 g/mol. The maximum absolute atomic E-state index is 2.32. The van der Waals surface area contributed by atoms with Crippen molar-refractivity contribution in [2.24, 2.45) is 0 Å². The molecule has 2 rings (SSSR count). The Morgan fingerprint density at radius 1 is 1.07 bits per heavy atom. The van der Waals surface area contributed by atoms with E-state index in [2.05, 4.69) is 62.7 Å². The number of nitrogens with zero attached hydrogens (tertiary/aromatic N) is 1. The second-order valence-electron chi connectivity index (χ2n) is 4.92. The number of fused-ring (bicyclic) bond motifs is 1. The number of hydrogen-bond acceptors (Lipinski definition) is 0. The zero-order valence-electron chi connectivity index (χ0n) is 9.33. The average Bonchev–Trinajstić information content (AvgIpc) is 2.45. The molecule has 1 aromatic carbocycles. The molecule has 0 saturated heterocycles. The molecule has 0 fully saturated rings. The molecule has 2 aromatic rings. The predicted molar refractivity (Wildman–Crippen MR) is 61.7 cm³/mol. The van der Waals surface area contributed by atoms with Crippen molar-refractivity contribution in [1.82, 2.24) is 4.57 Å². The Hall–Kier alpha value is -1.24. The van der Waals surface area contributed by atoms with Crippen molar-refractivity contribution < 1.29 is 0 Å². The van der Waals surface area contributed by atoms with E-state index in [-0.39, 0.29) is 5.54 Å². The molecule has 0 aliphatic rings. The first kappa shape index (κ1) is 9.32. The summed E-state index contributed by atoms with van der Waals surface area (Å²) in [6, 6.07) is 8.80. The molecule has 0 aliphatic carbocycles. The highest BCUT2D eigenvalue weighted by atomic mass is 15.0. The van der Waals surface area contributed by atoms with E-state index in [4.69, 9.17) is 0 Å². The van der Waals surface area contributed by atoms with E-state index >= 15 is 0 Å². The third-order valence-corrected chi connectivity index (χ3v) is 2.57. The van der Waals surface area contributed by atoms with Crippen LogP contribution in [-0.4, -0.2) is 4.57 Å². The van der Waals surface area contributed by atoms with Crippen LogP contribution in [0.3, 0.4) is 0 Å². The molecule has 0 spiro atoms. The number of rotatable bonds is 0. The molecular formula is C13H17N. The standard InChI is InChI=1S/C13H17N/c1-10-5-6-12-11(9-10)7-8-14(12)13(2,3)4/h5-9H,1-4H3. The van der Waals surface area contributed by atoms with E-state index in [0.29, 0.717) is 0 Å². The summed E-state index contributed by atoms with van der Waals surface area (Å²) in [5.74, 6) is 0. The van der Waals surface area contributed by atoms with E-state index in [0.717, 1.165) is 0 Å². The fourth-order valence-electron chi connectivity index (χ4n) is 1.85. The van der Waals surface area contributed by atoms with Crippen LogP contribution >= 0.6 is 0 Å². The molecule has 0 saturated carbocycles. The Kier molecular flexibility index (Phi) is 1.91. The maximum atomic E-state index is 2.32. The Morgan fingerprint density at radius 3 is 2.43 bits per heavy atom. The first-order valence-electron chi connectivity index (χ1n) is 5.07. The van der Waals surface area contributed by atoms with Crippen molar-refractivity contribution in [3.05, 3.63) is 36.0 Å². The lowest BCUT2D eigenvalue weighted by atomic mass is 10.1. The molecule has 1 heteroatoms. The Balaban J connectivity index is 2.70. The minimum absolute atomic E-state index is 0.164. The van der Waals surface area contributed by atoms with Crippen LogP contribution in [0.1, 0.15) is 26.3 Å². The molecule has 1 nitrogen and oxygen atoms in total.